The van der Waals surface area contributed by atoms with Crippen LogP contribution in [0.1, 0.15) is 0 Å². The van der Waals surface area contributed by atoms with E-state index >= 15 is 0 Å². The maximum atomic E-state index is 9.67. The van der Waals surface area contributed by atoms with Crippen molar-refractivity contribution >= 4 is 7.54 Å². The third-order valence-corrected chi connectivity index (χ3v) is 4.02. The summed E-state index contributed by atoms with van der Waals surface area (Å²) in [6.45, 7) is 0. The molecular formula is C23H17BF4O. The van der Waals surface area contributed by atoms with Crippen LogP contribution in [0.15, 0.2) is 108 Å². The molecule has 0 radical (unpaired) electrons. The van der Waals surface area contributed by atoms with E-state index in [-0.39, 0.29) is 4.70 Å². The summed E-state index contributed by atoms with van der Waals surface area (Å²) in [5, 5.41) is 0. The first-order valence-electron chi connectivity index (χ1n) is 8.70. The van der Waals surface area contributed by atoms with Gasteiger partial charge in [0.2, 0.25) is 0 Å². The van der Waals surface area contributed by atoms with Gasteiger partial charge in [0.1, 0.15) is 0 Å². The van der Waals surface area contributed by atoms with Crippen LogP contribution in [0, 0.1) is 0 Å². The minimum absolute atomic E-state index is 0. The zero-order valence-corrected chi connectivity index (χ0v) is 15.3. The number of hydrogen-bond donors (Lipinski definition) is 0. The minimum atomic E-state index is -3.67. The van der Waals surface area contributed by atoms with E-state index in [1.165, 1.54) is 5.56 Å². The molecule has 4 rings (SSSR count). The quantitative estimate of drug-likeness (QED) is 0.283. The second kappa shape index (κ2) is 10.8. The van der Waals surface area contributed by atoms with Crippen molar-refractivity contribution in [1.82, 2.24) is 0 Å². The molecule has 0 atom stereocenters. The molecule has 1 nitrogen and oxygen atoms in total. The minimum Gasteiger partial charge on any atom is -1.00 e. The van der Waals surface area contributed by atoms with Gasteiger partial charge in [0.05, 0.1) is 23.3 Å². The van der Waals surface area contributed by atoms with Crippen LogP contribution < -0.4 is 4.70 Å². The van der Waals surface area contributed by atoms with E-state index in [9.17, 15) is 12.9 Å². The van der Waals surface area contributed by atoms with Crippen molar-refractivity contribution in [3.8, 4) is 33.8 Å². The van der Waals surface area contributed by atoms with Crippen molar-refractivity contribution in [2.75, 3.05) is 0 Å². The number of hydrogen-bond acceptors (Lipinski definition) is 0. The molecule has 0 aliphatic carbocycles. The van der Waals surface area contributed by atoms with Crippen LogP contribution >= 0.6 is 0 Å². The molecular weight excluding hydrogens is 379 g/mol. The van der Waals surface area contributed by atoms with E-state index in [2.05, 4.69) is 60.7 Å². The summed E-state index contributed by atoms with van der Waals surface area (Å²) in [6.07, 6.45) is 0. The van der Waals surface area contributed by atoms with Crippen molar-refractivity contribution in [3.05, 3.63) is 103 Å². The van der Waals surface area contributed by atoms with Crippen LogP contribution in [-0.4, -0.2) is 7.54 Å². The first-order chi connectivity index (χ1) is 13.6. The van der Waals surface area contributed by atoms with Crippen molar-refractivity contribution in [3.63, 3.8) is 0 Å². The maximum Gasteiger partial charge on any atom is 0.762 e. The third-order valence-electron chi connectivity index (χ3n) is 4.02. The Morgan fingerprint density at radius 3 is 1.14 bits per heavy atom. The highest BCUT2D eigenvalue weighted by Crippen LogP contribution is 2.32. The molecule has 146 valence electrons. The van der Waals surface area contributed by atoms with Crippen LogP contribution in [0.5, 0.6) is 0 Å². The third kappa shape index (κ3) is 6.31. The molecule has 0 unspecified atom stereocenters. The monoisotopic (exact) mass is 396 g/mol. The number of benzene rings is 3. The summed E-state index contributed by atoms with van der Waals surface area (Å²) >= 11 is 0. The van der Waals surface area contributed by atoms with E-state index < -0.39 is 7.54 Å². The molecule has 0 spiro atoms. The van der Waals surface area contributed by atoms with Gasteiger partial charge < -0.3 is 4.70 Å². The molecule has 0 aliphatic rings. The number of rotatable bonds is 3. The van der Waals surface area contributed by atoms with Crippen LogP contribution in [0.2, 0.25) is 0 Å². The SMILES string of the molecule is FB(F)F.[F-].c1ccc(-c2cc(-c3ccccc3)[o+]c(-c3ccccc3)c2)cc1. The van der Waals surface area contributed by atoms with Crippen LogP contribution in [0.3, 0.4) is 0 Å². The van der Waals surface area contributed by atoms with Crippen LogP contribution in [0.25, 0.3) is 33.8 Å². The second-order valence-electron chi connectivity index (χ2n) is 5.92. The maximum absolute atomic E-state index is 9.67. The second-order valence-corrected chi connectivity index (χ2v) is 5.92. The predicted molar refractivity (Wildman–Crippen MR) is 109 cm³/mol. The zero-order chi connectivity index (χ0) is 19.8. The molecule has 4 aromatic rings. The molecule has 0 bridgehead atoms. The molecule has 1 aromatic heterocycles. The summed E-state index contributed by atoms with van der Waals surface area (Å²) in [5.41, 5.74) is 4.49. The molecule has 0 fully saturated rings. The van der Waals surface area contributed by atoms with Crippen molar-refractivity contribution in [2.24, 2.45) is 0 Å². The average Bonchev–Trinajstić information content (AvgIpc) is 2.75. The number of halogens is 4. The van der Waals surface area contributed by atoms with Gasteiger partial charge in [-0.15, -0.1) is 0 Å². The fourth-order valence-corrected chi connectivity index (χ4v) is 2.79. The van der Waals surface area contributed by atoms with E-state index in [1.54, 1.807) is 0 Å². The van der Waals surface area contributed by atoms with Gasteiger partial charge in [0.15, 0.2) is 0 Å². The molecule has 0 amide bonds. The highest BCUT2D eigenvalue weighted by atomic mass is 19.4. The van der Waals surface area contributed by atoms with Gasteiger partial charge in [-0.1, -0.05) is 66.7 Å². The summed E-state index contributed by atoms with van der Waals surface area (Å²) < 4.78 is 35.2. The molecule has 29 heavy (non-hydrogen) atoms. The van der Waals surface area contributed by atoms with Crippen molar-refractivity contribution in [2.45, 2.75) is 0 Å². The van der Waals surface area contributed by atoms with Gasteiger partial charge >= 0.3 is 19.1 Å². The summed E-state index contributed by atoms with van der Waals surface area (Å²) in [6, 6.07) is 35.1. The van der Waals surface area contributed by atoms with Crippen LogP contribution in [0.4, 0.5) is 12.9 Å². The Labute approximate surface area is 167 Å². The lowest BCUT2D eigenvalue weighted by Crippen LogP contribution is -3.00. The normalized spacial score (nSPS) is 9.62. The van der Waals surface area contributed by atoms with E-state index in [0.29, 0.717) is 0 Å². The largest absolute Gasteiger partial charge is 1.00 e. The summed E-state index contributed by atoms with van der Waals surface area (Å²) in [4.78, 5) is 0. The Morgan fingerprint density at radius 2 is 0.793 bits per heavy atom. The van der Waals surface area contributed by atoms with Crippen molar-refractivity contribution in [1.29, 1.82) is 0 Å². The predicted octanol–water partition coefficient (Wildman–Crippen LogP) is 4.45. The Balaban J connectivity index is 0.000000552. The lowest BCUT2D eigenvalue weighted by Gasteiger charge is -2.02. The first kappa shape index (κ1) is 21.9. The fourth-order valence-electron chi connectivity index (χ4n) is 2.79. The van der Waals surface area contributed by atoms with E-state index in [4.69, 9.17) is 4.42 Å². The summed E-state index contributed by atoms with van der Waals surface area (Å²) in [5.74, 6) is 1.74. The Bertz CT molecular complexity index is 855. The lowest BCUT2D eigenvalue weighted by molar-refractivity contribution is -0.00000873. The highest BCUT2D eigenvalue weighted by Gasteiger charge is 2.20. The Morgan fingerprint density at radius 1 is 0.483 bits per heavy atom. The average molecular weight is 396 g/mol. The van der Waals surface area contributed by atoms with E-state index in [1.807, 2.05) is 42.5 Å². The van der Waals surface area contributed by atoms with Crippen LogP contribution in [-0.2, 0) is 0 Å². The van der Waals surface area contributed by atoms with E-state index in [0.717, 1.165) is 28.2 Å². The molecule has 0 saturated heterocycles. The highest BCUT2D eigenvalue weighted by molar-refractivity contribution is 6.33. The molecule has 1 heterocycles. The molecule has 6 heteroatoms. The van der Waals surface area contributed by atoms with Gasteiger partial charge in [-0.05, 0) is 29.8 Å². The van der Waals surface area contributed by atoms with Gasteiger partial charge in [-0.25, -0.2) is 4.42 Å². The Kier molecular flexibility index (Phi) is 8.16. The smallest absolute Gasteiger partial charge is 0.762 e. The van der Waals surface area contributed by atoms with Gasteiger partial charge in [0, 0.05) is 5.56 Å². The molecule has 0 saturated carbocycles. The fraction of sp³-hybridized carbons (Fsp3) is 0. The standard InChI is InChI=1S/C23H17O.BF3.FH/c1-4-10-18(11-5-1)21-16-22(19-12-6-2-7-13-19)24-23(17-21)20-14-8-3-9-15-20;2-1(3)4;/h1-17H;;1H/q+1;;/p-1. The Hall–Kier alpha value is -3.41. The molecule has 0 aliphatic heterocycles. The van der Waals surface area contributed by atoms with Crippen molar-refractivity contribution < 1.29 is 22.1 Å². The topological polar surface area (TPSA) is 11.3 Å². The summed E-state index contributed by atoms with van der Waals surface area (Å²) in [7, 11) is -3.67. The van der Waals surface area contributed by atoms with Gasteiger partial charge in [-0.2, -0.15) is 0 Å². The van der Waals surface area contributed by atoms with Gasteiger partial charge in [-0.3, -0.25) is 12.9 Å². The molecule has 0 N–H and O–H groups in total. The lowest BCUT2D eigenvalue weighted by atomic mass is 10.0. The molecule has 3 aromatic carbocycles. The zero-order valence-electron chi connectivity index (χ0n) is 15.3. The first-order valence-corrected chi connectivity index (χ1v) is 8.70. The van der Waals surface area contributed by atoms with Gasteiger partial charge in [0.25, 0.3) is 0 Å².